The van der Waals surface area contributed by atoms with E-state index in [1.54, 1.807) is 7.11 Å². The van der Waals surface area contributed by atoms with Gasteiger partial charge < -0.3 is 15.0 Å². The van der Waals surface area contributed by atoms with E-state index in [9.17, 15) is 13.2 Å². The third kappa shape index (κ3) is 5.75. The summed E-state index contributed by atoms with van der Waals surface area (Å²) in [7, 11) is 1.77. The summed E-state index contributed by atoms with van der Waals surface area (Å²) in [6.45, 7) is 1.66. The van der Waals surface area contributed by atoms with Crippen LogP contribution in [0.1, 0.15) is 44.9 Å². The number of ether oxygens (including phenoxy) is 1. The number of methoxy groups -OCH3 is 1. The Morgan fingerprint density at radius 1 is 1.10 bits per heavy atom. The van der Waals surface area contributed by atoms with Crippen molar-refractivity contribution in [2.24, 2.45) is 0 Å². The Balaban J connectivity index is 1.69. The fraction of sp³-hybridized carbons (Fsp3) is 1.00. The minimum Gasteiger partial charge on any atom is -0.380 e. The molecule has 1 aliphatic heterocycles. The SMILES string of the molecule is CO[C@H]1CCCC[C@H]1NC1CCN(CCC(F)(F)F)CC1. The fourth-order valence-corrected chi connectivity index (χ4v) is 3.48. The van der Waals surface area contributed by atoms with Gasteiger partial charge in [-0.1, -0.05) is 12.8 Å². The molecule has 2 aliphatic rings. The van der Waals surface area contributed by atoms with E-state index in [0.717, 1.165) is 38.8 Å². The summed E-state index contributed by atoms with van der Waals surface area (Å²) in [6.07, 6.45) is 2.15. The summed E-state index contributed by atoms with van der Waals surface area (Å²) in [6, 6.07) is 0.836. The maximum Gasteiger partial charge on any atom is 0.390 e. The summed E-state index contributed by atoms with van der Waals surface area (Å²) in [5.41, 5.74) is 0. The van der Waals surface area contributed by atoms with Crippen LogP contribution in [-0.4, -0.2) is 56.0 Å². The van der Waals surface area contributed by atoms with Crippen LogP contribution >= 0.6 is 0 Å². The molecule has 1 heterocycles. The summed E-state index contributed by atoms with van der Waals surface area (Å²) in [4.78, 5) is 1.93. The molecular formula is C15H27F3N2O. The number of rotatable bonds is 5. The number of nitrogens with one attached hydrogen (secondary N) is 1. The van der Waals surface area contributed by atoms with Crippen molar-refractivity contribution in [2.45, 2.75) is 69.3 Å². The van der Waals surface area contributed by atoms with Crippen LogP contribution in [-0.2, 0) is 4.74 Å². The second-order valence-electron chi connectivity index (χ2n) is 6.31. The molecule has 6 heteroatoms. The van der Waals surface area contributed by atoms with Crippen LogP contribution in [0.5, 0.6) is 0 Å². The Hall–Kier alpha value is -0.330. The van der Waals surface area contributed by atoms with Gasteiger partial charge in [-0.2, -0.15) is 13.2 Å². The molecule has 0 spiro atoms. The van der Waals surface area contributed by atoms with Gasteiger partial charge in [0.15, 0.2) is 0 Å². The van der Waals surface area contributed by atoms with Gasteiger partial charge in [0.2, 0.25) is 0 Å². The molecule has 124 valence electrons. The number of nitrogens with zero attached hydrogens (tertiary/aromatic N) is 1. The molecule has 1 saturated carbocycles. The zero-order valence-corrected chi connectivity index (χ0v) is 12.8. The monoisotopic (exact) mass is 308 g/mol. The molecule has 0 aromatic carbocycles. The van der Waals surface area contributed by atoms with Crippen LogP contribution in [0.4, 0.5) is 13.2 Å². The molecule has 0 radical (unpaired) electrons. The highest BCUT2D eigenvalue weighted by molar-refractivity contribution is 4.87. The van der Waals surface area contributed by atoms with Crippen LogP contribution in [0.3, 0.4) is 0 Å². The zero-order valence-electron chi connectivity index (χ0n) is 12.8. The molecule has 2 fully saturated rings. The third-order valence-corrected chi connectivity index (χ3v) is 4.75. The van der Waals surface area contributed by atoms with E-state index in [0.29, 0.717) is 18.2 Å². The molecule has 3 nitrogen and oxygen atoms in total. The number of halogens is 3. The van der Waals surface area contributed by atoms with Crippen molar-refractivity contribution in [3.05, 3.63) is 0 Å². The van der Waals surface area contributed by atoms with Gasteiger partial charge in [0, 0.05) is 25.7 Å². The van der Waals surface area contributed by atoms with Crippen molar-refractivity contribution in [3.8, 4) is 0 Å². The zero-order chi connectivity index (χ0) is 15.3. The van der Waals surface area contributed by atoms with Crippen LogP contribution in [0, 0.1) is 0 Å². The average Bonchev–Trinajstić information content (AvgIpc) is 2.46. The largest absolute Gasteiger partial charge is 0.390 e. The average molecular weight is 308 g/mol. The molecule has 0 bridgehead atoms. The lowest BCUT2D eigenvalue weighted by molar-refractivity contribution is -0.138. The molecule has 2 atom stereocenters. The van der Waals surface area contributed by atoms with Gasteiger partial charge in [0.05, 0.1) is 12.5 Å². The molecule has 0 aromatic rings. The van der Waals surface area contributed by atoms with E-state index in [1.807, 2.05) is 4.90 Å². The predicted octanol–water partition coefficient (Wildman–Crippen LogP) is 2.95. The predicted molar refractivity (Wildman–Crippen MR) is 76.3 cm³/mol. The second-order valence-corrected chi connectivity index (χ2v) is 6.31. The molecule has 0 unspecified atom stereocenters. The summed E-state index contributed by atoms with van der Waals surface area (Å²) < 4.78 is 42.2. The van der Waals surface area contributed by atoms with Gasteiger partial charge in [-0.3, -0.25) is 0 Å². The normalized spacial score (nSPS) is 29.7. The lowest BCUT2D eigenvalue weighted by atomic mass is 9.91. The minimum absolute atomic E-state index is 0.139. The highest BCUT2D eigenvalue weighted by atomic mass is 19.4. The van der Waals surface area contributed by atoms with Crippen molar-refractivity contribution in [1.82, 2.24) is 10.2 Å². The second kappa shape index (κ2) is 7.79. The maximum atomic E-state index is 12.2. The van der Waals surface area contributed by atoms with Gasteiger partial charge in [-0.25, -0.2) is 0 Å². The molecule has 1 saturated heterocycles. The van der Waals surface area contributed by atoms with Crippen molar-refractivity contribution < 1.29 is 17.9 Å². The molecule has 0 aromatic heterocycles. The smallest absolute Gasteiger partial charge is 0.380 e. The van der Waals surface area contributed by atoms with E-state index in [2.05, 4.69) is 5.32 Å². The van der Waals surface area contributed by atoms with E-state index in [-0.39, 0.29) is 6.54 Å². The first-order valence-electron chi connectivity index (χ1n) is 8.06. The first kappa shape index (κ1) is 17.0. The Labute approximate surface area is 125 Å². The van der Waals surface area contributed by atoms with Gasteiger partial charge >= 0.3 is 6.18 Å². The minimum atomic E-state index is -4.04. The standard InChI is InChI=1S/C15H27F3N2O/c1-21-14-5-3-2-4-13(14)19-12-6-9-20(10-7-12)11-8-15(16,17)18/h12-14,19H,2-11H2,1H3/t13-,14+/m1/s1. The molecule has 0 amide bonds. The fourth-order valence-electron chi connectivity index (χ4n) is 3.48. The molecule has 2 rings (SSSR count). The molecule has 21 heavy (non-hydrogen) atoms. The van der Waals surface area contributed by atoms with Crippen molar-refractivity contribution in [2.75, 3.05) is 26.7 Å². The molecular weight excluding hydrogens is 281 g/mol. The first-order valence-corrected chi connectivity index (χ1v) is 8.06. The lowest BCUT2D eigenvalue weighted by Gasteiger charge is -2.38. The summed E-state index contributed by atoms with van der Waals surface area (Å²) >= 11 is 0. The maximum absolute atomic E-state index is 12.2. The number of piperidine rings is 1. The quantitative estimate of drug-likeness (QED) is 0.845. The van der Waals surface area contributed by atoms with Crippen molar-refractivity contribution in [1.29, 1.82) is 0 Å². The van der Waals surface area contributed by atoms with Crippen LogP contribution in [0.2, 0.25) is 0 Å². The number of hydrogen-bond acceptors (Lipinski definition) is 3. The third-order valence-electron chi connectivity index (χ3n) is 4.75. The van der Waals surface area contributed by atoms with Crippen molar-refractivity contribution >= 4 is 0 Å². The molecule has 1 N–H and O–H groups in total. The van der Waals surface area contributed by atoms with Gasteiger partial charge in [-0.15, -0.1) is 0 Å². The topological polar surface area (TPSA) is 24.5 Å². The highest BCUT2D eigenvalue weighted by Gasteiger charge is 2.31. The van der Waals surface area contributed by atoms with E-state index >= 15 is 0 Å². The summed E-state index contributed by atoms with van der Waals surface area (Å²) in [5.74, 6) is 0. The van der Waals surface area contributed by atoms with Gasteiger partial charge in [0.1, 0.15) is 0 Å². The lowest BCUT2D eigenvalue weighted by Crippen LogP contribution is -2.51. The summed E-state index contributed by atoms with van der Waals surface area (Å²) in [5, 5.41) is 3.68. The van der Waals surface area contributed by atoms with Crippen LogP contribution in [0.25, 0.3) is 0 Å². The van der Waals surface area contributed by atoms with E-state index in [1.165, 1.54) is 12.8 Å². The molecule has 1 aliphatic carbocycles. The Bertz CT molecular complexity index is 304. The first-order chi connectivity index (χ1) is 9.98. The Morgan fingerprint density at radius 2 is 1.76 bits per heavy atom. The van der Waals surface area contributed by atoms with Gasteiger partial charge in [0.25, 0.3) is 0 Å². The van der Waals surface area contributed by atoms with Crippen LogP contribution in [0.15, 0.2) is 0 Å². The van der Waals surface area contributed by atoms with E-state index in [4.69, 9.17) is 4.74 Å². The Morgan fingerprint density at radius 3 is 2.38 bits per heavy atom. The van der Waals surface area contributed by atoms with Crippen molar-refractivity contribution in [3.63, 3.8) is 0 Å². The Kier molecular flexibility index (Phi) is 6.32. The highest BCUT2D eigenvalue weighted by Crippen LogP contribution is 2.24. The van der Waals surface area contributed by atoms with Crippen LogP contribution < -0.4 is 5.32 Å². The van der Waals surface area contributed by atoms with E-state index < -0.39 is 12.6 Å². The number of hydrogen-bond donors (Lipinski definition) is 1. The number of alkyl halides is 3. The number of likely N-dealkylation sites (tertiary alicyclic amines) is 1. The van der Waals surface area contributed by atoms with Gasteiger partial charge in [-0.05, 0) is 38.8 Å².